The molecule has 2 nitrogen and oxygen atoms in total. The molecule has 0 saturated heterocycles. The van der Waals surface area contributed by atoms with E-state index in [1.54, 1.807) is 0 Å². The SMILES string of the molecule is C[C@@H]1Nc2cc(Cl)ccc2N[C@@H]1c1ccccc1. The molecule has 2 atom stereocenters. The molecule has 2 aromatic carbocycles. The molecular formula is C15H15ClN2. The Labute approximate surface area is 112 Å². The summed E-state index contributed by atoms with van der Waals surface area (Å²) in [5, 5.41) is 7.83. The van der Waals surface area contributed by atoms with E-state index < -0.39 is 0 Å². The maximum absolute atomic E-state index is 6.01. The molecule has 1 aliphatic heterocycles. The monoisotopic (exact) mass is 258 g/mol. The molecule has 2 N–H and O–H groups in total. The van der Waals surface area contributed by atoms with E-state index in [9.17, 15) is 0 Å². The molecule has 0 amide bonds. The number of halogens is 1. The number of benzene rings is 2. The van der Waals surface area contributed by atoms with Crippen molar-refractivity contribution in [1.82, 2.24) is 0 Å². The van der Waals surface area contributed by atoms with E-state index in [0.717, 1.165) is 16.4 Å². The molecule has 0 unspecified atom stereocenters. The van der Waals surface area contributed by atoms with E-state index in [1.807, 2.05) is 24.3 Å². The first-order chi connectivity index (χ1) is 8.74. The molecule has 0 aromatic heterocycles. The van der Waals surface area contributed by atoms with Crippen LogP contribution in [0.25, 0.3) is 0 Å². The van der Waals surface area contributed by atoms with Gasteiger partial charge in [-0.25, -0.2) is 0 Å². The number of hydrogen-bond acceptors (Lipinski definition) is 2. The minimum atomic E-state index is 0.278. The summed E-state index contributed by atoms with van der Waals surface area (Å²) >= 11 is 6.01. The molecule has 0 saturated carbocycles. The third-order valence-corrected chi connectivity index (χ3v) is 3.57. The highest BCUT2D eigenvalue weighted by Crippen LogP contribution is 2.36. The summed E-state index contributed by atoms with van der Waals surface area (Å²) < 4.78 is 0. The van der Waals surface area contributed by atoms with Gasteiger partial charge in [0.25, 0.3) is 0 Å². The summed E-state index contributed by atoms with van der Waals surface area (Å²) in [5.41, 5.74) is 3.46. The lowest BCUT2D eigenvalue weighted by atomic mass is 9.97. The standard InChI is InChI=1S/C15H15ClN2/c1-10-15(11-5-3-2-4-6-11)18-13-8-7-12(16)9-14(13)17-10/h2-10,15,17-18H,1H3/t10-,15-/m0/s1. The Kier molecular flexibility index (Phi) is 2.88. The number of hydrogen-bond donors (Lipinski definition) is 2. The van der Waals surface area contributed by atoms with E-state index >= 15 is 0 Å². The van der Waals surface area contributed by atoms with Crippen LogP contribution in [-0.2, 0) is 0 Å². The van der Waals surface area contributed by atoms with E-state index in [0.29, 0.717) is 6.04 Å². The number of rotatable bonds is 1. The average Bonchev–Trinajstić information content (AvgIpc) is 2.39. The van der Waals surface area contributed by atoms with Gasteiger partial charge in [-0.2, -0.15) is 0 Å². The van der Waals surface area contributed by atoms with Crippen LogP contribution in [0.2, 0.25) is 5.02 Å². The summed E-state index contributed by atoms with van der Waals surface area (Å²) in [6.45, 7) is 2.18. The van der Waals surface area contributed by atoms with E-state index in [-0.39, 0.29) is 6.04 Å². The van der Waals surface area contributed by atoms with Crippen LogP contribution in [0.15, 0.2) is 48.5 Å². The summed E-state index contributed by atoms with van der Waals surface area (Å²) in [6, 6.07) is 17.0. The van der Waals surface area contributed by atoms with Gasteiger partial charge >= 0.3 is 0 Å². The molecule has 0 bridgehead atoms. The van der Waals surface area contributed by atoms with Crippen molar-refractivity contribution in [3.8, 4) is 0 Å². The summed E-state index contributed by atoms with van der Waals surface area (Å²) in [7, 11) is 0. The van der Waals surface area contributed by atoms with Gasteiger partial charge in [0.2, 0.25) is 0 Å². The molecule has 3 heteroatoms. The fraction of sp³-hybridized carbons (Fsp3) is 0.200. The molecule has 1 aliphatic rings. The topological polar surface area (TPSA) is 24.1 Å². The Morgan fingerprint density at radius 3 is 2.50 bits per heavy atom. The Morgan fingerprint density at radius 1 is 0.944 bits per heavy atom. The molecule has 18 heavy (non-hydrogen) atoms. The van der Waals surface area contributed by atoms with Gasteiger partial charge in [0, 0.05) is 11.1 Å². The molecule has 0 fully saturated rings. The Hall–Kier alpha value is -1.67. The maximum atomic E-state index is 6.01. The first-order valence-electron chi connectivity index (χ1n) is 6.11. The van der Waals surface area contributed by atoms with Gasteiger partial charge in [-0.15, -0.1) is 0 Å². The van der Waals surface area contributed by atoms with Crippen LogP contribution >= 0.6 is 11.6 Å². The van der Waals surface area contributed by atoms with Crippen LogP contribution in [-0.4, -0.2) is 6.04 Å². The van der Waals surface area contributed by atoms with Crippen molar-refractivity contribution in [2.24, 2.45) is 0 Å². The first-order valence-corrected chi connectivity index (χ1v) is 6.49. The van der Waals surface area contributed by atoms with Crippen LogP contribution in [0.5, 0.6) is 0 Å². The maximum Gasteiger partial charge on any atom is 0.0713 e. The van der Waals surface area contributed by atoms with Crippen molar-refractivity contribution in [2.45, 2.75) is 19.0 Å². The second-order valence-corrected chi connectivity index (χ2v) is 5.09. The number of nitrogens with one attached hydrogen (secondary N) is 2. The van der Waals surface area contributed by atoms with Gasteiger partial charge in [0.1, 0.15) is 0 Å². The quantitative estimate of drug-likeness (QED) is 0.797. The van der Waals surface area contributed by atoms with Gasteiger partial charge in [-0.3, -0.25) is 0 Å². The molecule has 0 radical (unpaired) electrons. The van der Waals surface area contributed by atoms with Crippen molar-refractivity contribution in [3.63, 3.8) is 0 Å². The molecule has 2 aromatic rings. The van der Waals surface area contributed by atoms with Crippen molar-refractivity contribution in [3.05, 3.63) is 59.1 Å². The predicted octanol–water partition coefficient (Wildman–Crippen LogP) is 4.31. The minimum absolute atomic E-state index is 0.278. The van der Waals surface area contributed by atoms with Crippen LogP contribution in [0.1, 0.15) is 18.5 Å². The third kappa shape index (κ3) is 2.04. The van der Waals surface area contributed by atoms with Gasteiger partial charge in [0.05, 0.1) is 17.4 Å². The smallest absolute Gasteiger partial charge is 0.0713 e. The van der Waals surface area contributed by atoms with Gasteiger partial charge < -0.3 is 10.6 Å². The van der Waals surface area contributed by atoms with Gasteiger partial charge in [0.15, 0.2) is 0 Å². The summed E-state index contributed by atoms with van der Waals surface area (Å²) in [5.74, 6) is 0. The molecular weight excluding hydrogens is 244 g/mol. The van der Waals surface area contributed by atoms with Gasteiger partial charge in [-0.1, -0.05) is 41.9 Å². The summed E-state index contributed by atoms with van der Waals surface area (Å²) in [4.78, 5) is 0. The molecule has 92 valence electrons. The van der Waals surface area contributed by atoms with E-state index in [1.165, 1.54) is 5.56 Å². The first kappa shape index (κ1) is 11.4. The minimum Gasteiger partial charge on any atom is -0.378 e. The lowest BCUT2D eigenvalue weighted by Gasteiger charge is -2.34. The molecule has 0 spiro atoms. The van der Waals surface area contributed by atoms with Gasteiger partial charge in [-0.05, 0) is 30.7 Å². The normalized spacial score (nSPS) is 21.7. The van der Waals surface area contributed by atoms with Crippen molar-refractivity contribution in [1.29, 1.82) is 0 Å². The Bertz CT molecular complexity index is 554. The zero-order chi connectivity index (χ0) is 12.5. The second kappa shape index (κ2) is 4.54. The van der Waals surface area contributed by atoms with Crippen molar-refractivity contribution in [2.75, 3.05) is 10.6 Å². The highest BCUT2D eigenvalue weighted by molar-refractivity contribution is 6.31. The van der Waals surface area contributed by atoms with Crippen LogP contribution in [0.3, 0.4) is 0 Å². The van der Waals surface area contributed by atoms with E-state index in [4.69, 9.17) is 11.6 Å². The molecule has 3 rings (SSSR count). The zero-order valence-corrected chi connectivity index (χ0v) is 10.9. The van der Waals surface area contributed by atoms with Crippen LogP contribution in [0, 0.1) is 0 Å². The van der Waals surface area contributed by atoms with E-state index in [2.05, 4.69) is 41.8 Å². The highest BCUT2D eigenvalue weighted by atomic mass is 35.5. The largest absolute Gasteiger partial charge is 0.378 e. The lowest BCUT2D eigenvalue weighted by Crippen LogP contribution is -2.34. The molecule has 1 heterocycles. The molecule has 0 aliphatic carbocycles. The van der Waals surface area contributed by atoms with Crippen molar-refractivity contribution < 1.29 is 0 Å². The Morgan fingerprint density at radius 2 is 1.72 bits per heavy atom. The van der Waals surface area contributed by atoms with Crippen LogP contribution in [0.4, 0.5) is 11.4 Å². The second-order valence-electron chi connectivity index (χ2n) is 4.66. The third-order valence-electron chi connectivity index (χ3n) is 3.33. The highest BCUT2D eigenvalue weighted by Gasteiger charge is 2.25. The van der Waals surface area contributed by atoms with Crippen LogP contribution < -0.4 is 10.6 Å². The van der Waals surface area contributed by atoms with Crippen molar-refractivity contribution >= 4 is 23.0 Å². The predicted molar refractivity (Wildman–Crippen MR) is 77.3 cm³/mol. The lowest BCUT2D eigenvalue weighted by molar-refractivity contribution is 0.650. The Balaban J connectivity index is 1.95. The fourth-order valence-electron chi connectivity index (χ4n) is 2.42. The number of anilines is 2. The number of fused-ring (bicyclic) bond motifs is 1. The average molecular weight is 259 g/mol. The summed E-state index contributed by atoms with van der Waals surface area (Å²) in [6.07, 6.45) is 0. The fourth-order valence-corrected chi connectivity index (χ4v) is 2.59. The zero-order valence-electron chi connectivity index (χ0n) is 10.2.